The van der Waals surface area contributed by atoms with Crippen LogP contribution in [0.5, 0.6) is 0 Å². The number of azide groups is 1. The number of nitrogens with two attached hydrogens (primary N) is 1. The van der Waals surface area contributed by atoms with E-state index in [4.69, 9.17) is 21.1 Å². The highest BCUT2D eigenvalue weighted by Crippen LogP contribution is 2.31. The van der Waals surface area contributed by atoms with E-state index in [1.165, 1.54) is 98.1 Å². The van der Waals surface area contributed by atoms with E-state index in [9.17, 15) is 0 Å². The van der Waals surface area contributed by atoms with Crippen LogP contribution in [0.25, 0.3) is 10.4 Å². The largest absolute Gasteiger partial charge is 0.392 e. The maximum atomic E-state index is 9.11. The molecule has 0 spiro atoms. The van der Waals surface area contributed by atoms with Crippen molar-refractivity contribution in [3.8, 4) is 0 Å². The SMILES string of the molecule is CNCc1c(C)c(SC)n(C)c1C.COCc1c(C)c(SC)n(C)c1C.CSc1c(C)c(CN)c(C)n1C.CSc1c(C)c(CN=[N+]=[N-])c(C)n1C.CSc1c(C)c(CO)c(C)n1C. The van der Waals surface area contributed by atoms with Crippen LogP contribution in [0.3, 0.4) is 0 Å². The Morgan fingerprint density at radius 3 is 1.12 bits per heavy atom. The lowest BCUT2D eigenvalue weighted by Crippen LogP contribution is -2.07. The van der Waals surface area contributed by atoms with E-state index in [1.807, 2.05) is 39.8 Å². The van der Waals surface area contributed by atoms with Crippen LogP contribution in [0.15, 0.2) is 30.2 Å². The van der Waals surface area contributed by atoms with Gasteiger partial charge in [-0.2, -0.15) is 0 Å². The van der Waals surface area contributed by atoms with Gasteiger partial charge in [0.2, 0.25) is 0 Å². The van der Waals surface area contributed by atoms with Gasteiger partial charge in [0.15, 0.2) is 0 Å². The molecule has 0 saturated carbocycles. The first kappa shape index (κ1) is 59.3. The highest BCUT2D eigenvalue weighted by Gasteiger charge is 2.17. The molecule has 5 heterocycles. The summed E-state index contributed by atoms with van der Waals surface area (Å²) in [5.74, 6) is 0. The molecular formula is C47H80N10O2S5. The van der Waals surface area contributed by atoms with Crippen molar-refractivity contribution in [2.75, 3.05) is 45.4 Å². The van der Waals surface area contributed by atoms with Gasteiger partial charge in [-0.05, 0) is 158 Å². The van der Waals surface area contributed by atoms with Crippen LogP contribution in [0, 0.1) is 69.2 Å². The molecule has 5 aromatic heterocycles. The fraction of sp³-hybridized carbons (Fsp3) is 0.574. The number of nitrogens with one attached hydrogen (secondary N) is 1. The first-order valence-electron chi connectivity index (χ1n) is 21.0. The topological polar surface area (TPSA) is 141 Å². The van der Waals surface area contributed by atoms with Gasteiger partial charge in [0.25, 0.3) is 0 Å². The van der Waals surface area contributed by atoms with Gasteiger partial charge in [-0.15, -0.1) is 58.8 Å². The smallest absolute Gasteiger partial charge is 0.0778 e. The molecule has 0 unspecified atom stereocenters. The second kappa shape index (κ2) is 28.5. The normalized spacial score (nSPS) is 10.6. The van der Waals surface area contributed by atoms with Gasteiger partial charge in [0, 0.05) is 99.9 Å². The number of rotatable bonds is 13. The van der Waals surface area contributed by atoms with Crippen molar-refractivity contribution in [2.24, 2.45) is 46.1 Å². The van der Waals surface area contributed by atoms with E-state index in [1.54, 1.807) is 54.2 Å². The predicted molar refractivity (Wildman–Crippen MR) is 283 cm³/mol. The van der Waals surface area contributed by atoms with Crippen LogP contribution >= 0.6 is 58.8 Å². The second-order valence-corrected chi connectivity index (χ2v) is 19.5. The van der Waals surface area contributed by atoms with Crippen LogP contribution in [0.4, 0.5) is 0 Å². The Kier molecular flexibility index (Phi) is 26.4. The van der Waals surface area contributed by atoms with E-state index >= 15 is 0 Å². The highest BCUT2D eigenvalue weighted by molar-refractivity contribution is 7.99. The molecule has 0 amide bonds. The Morgan fingerprint density at radius 2 is 0.844 bits per heavy atom. The number of ether oxygens (including phenoxy) is 1. The van der Waals surface area contributed by atoms with Gasteiger partial charge in [-0.1, -0.05) is 5.11 Å². The molecule has 4 N–H and O–H groups in total. The lowest BCUT2D eigenvalue weighted by atomic mass is 10.2. The standard InChI is InChI=1S/C10H18N2S.C10H17NOS.C9H14N4S.C9H16N2S.C9H15NOS/c1-7-9(6-11-3)8(2)12(4)10(7)13-5;1-7-9(6-12-4)8(2)11(3)10(7)13-5;1-6-8(5-11-12-10)7(2)13(3)9(6)14-4;1-6-8(5-10)7(2)11(3)9(6)12-4;1-6-8(5-11)7(2)10(3)9(6)12-4/h11H,6H2,1-5H3;6H2,1-5H3;5H2,1-4H3;5,10H2,1-4H3;11H,5H2,1-4H3. The third-order valence-corrected chi connectivity index (χ3v) is 17.2. The molecule has 5 rings (SSSR count). The summed E-state index contributed by atoms with van der Waals surface area (Å²) in [7, 11) is 14.1. The molecule has 0 aliphatic carbocycles. The molecule has 0 saturated heterocycles. The lowest BCUT2D eigenvalue weighted by Gasteiger charge is -2.01. The fourth-order valence-electron chi connectivity index (χ4n) is 8.15. The molecule has 0 atom stereocenters. The highest BCUT2D eigenvalue weighted by atomic mass is 32.2. The average Bonchev–Trinajstić information content (AvgIpc) is 3.87. The zero-order valence-corrected chi connectivity index (χ0v) is 47.2. The minimum absolute atomic E-state index is 0.145. The number of methoxy groups -OCH3 is 1. The van der Waals surface area contributed by atoms with Crippen molar-refractivity contribution in [3.63, 3.8) is 0 Å². The van der Waals surface area contributed by atoms with Gasteiger partial charge in [0.05, 0.1) is 44.9 Å². The Bertz CT molecular complexity index is 2150. The first-order chi connectivity index (χ1) is 30.1. The van der Waals surface area contributed by atoms with E-state index in [0.29, 0.717) is 19.7 Å². The van der Waals surface area contributed by atoms with Crippen molar-refractivity contribution in [1.82, 2.24) is 28.2 Å². The average molecular weight is 978 g/mol. The van der Waals surface area contributed by atoms with Gasteiger partial charge < -0.3 is 43.7 Å². The molecule has 0 bridgehead atoms. The minimum Gasteiger partial charge on any atom is -0.392 e. The maximum Gasteiger partial charge on any atom is 0.0778 e. The van der Waals surface area contributed by atoms with Gasteiger partial charge in [-0.25, -0.2) is 0 Å². The molecule has 0 aromatic carbocycles. The molecular weight excluding hydrogens is 897 g/mol. The van der Waals surface area contributed by atoms with Crippen molar-refractivity contribution < 1.29 is 9.84 Å². The van der Waals surface area contributed by atoms with Crippen molar-refractivity contribution >= 4 is 58.8 Å². The van der Waals surface area contributed by atoms with Gasteiger partial charge >= 0.3 is 0 Å². The summed E-state index contributed by atoms with van der Waals surface area (Å²) in [4.78, 5) is 2.79. The lowest BCUT2D eigenvalue weighted by molar-refractivity contribution is 0.184. The quantitative estimate of drug-likeness (QED) is 0.0455. The summed E-state index contributed by atoms with van der Waals surface area (Å²) in [5, 5.41) is 22.5. The molecule has 0 aliphatic heterocycles. The maximum absolute atomic E-state index is 9.11. The van der Waals surface area contributed by atoms with E-state index < -0.39 is 0 Å². The first-order valence-corrected chi connectivity index (χ1v) is 27.2. The fourth-order valence-corrected chi connectivity index (χ4v) is 12.3. The summed E-state index contributed by atoms with van der Waals surface area (Å²) < 4.78 is 16.2. The van der Waals surface area contributed by atoms with Crippen molar-refractivity contribution in [2.45, 2.75) is 127 Å². The van der Waals surface area contributed by atoms with Crippen molar-refractivity contribution in [1.29, 1.82) is 0 Å². The number of hydrogen-bond donors (Lipinski definition) is 3. The summed E-state index contributed by atoms with van der Waals surface area (Å²) in [6.45, 7) is 24.1. The number of aliphatic hydroxyl groups excluding tert-OH is 1. The van der Waals surface area contributed by atoms with Crippen LogP contribution < -0.4 is 11.1 Å². The van der Waals surface area contributed by atoms with Crippen LogP contribution in [-0.4, -0.2) is 73.4 Å². The number of thioether (sulfide) groups is 5. The summed E-state index contributed by atoms with van der Waals surface area (Å²) in [6, 6.07) is 0. The van der Waals surface area contributed by atoms with Gasteiger partial charge in [-0.3, -0.25) is 0 Å². The predicted octanol–water partition coefficient (Wildman–Crippen LogP) is 11.4. The van der Waals surface area contributed by atoms with E-state index in [-0.39, 0.29) is 6.61 Å². The van der Waals surface area contributed by atoms with Crippen LogP contribution in [0.1, 0.15) is 84.1 Å². The summed E-state index contributed by atoms with van der Waals surface area (Å²) in [5.41, 5.74) is 33.1. The Hall–Kier alpha value is -2.70. The number of aromatic nitrogens is 5. The number of aliphatic hydroxyl groups is 1. The molecule has 360 valence electrons. The van der Waals surface area contributed by atoms with Gasteiger partial charge in [0.1, 0.15) is 0 Å². The third-order valence-electron chi connectivity index (χ3n) is 12.4. The molecule has 0 aliphatic rings. The summed E-state index contributed by atoms with van der Waals surface area (Å²) >= 11 is 8.83. The number of nitrogens with zero attached hydrogens (tertiary/aromatic N) is 8. The van der Waals surface area contributed by atoms with E-state index in [0.717, 1.165) is 17.7 Å². The molecule has 0 radical (unpaired) electrons. The molecule has 17 heteroatoms. The third kappa shape index (κ3) is 13.7. The molecule has 64 heavy (non-hydrogen) atoms. The Labute approximate surface area is 407 Å². The molecule has 12 nitrogen and oxygen atoms in total. The van der Waals surface area contributed by atoms with E-state index in [2.05, 4.69) is 153 Å². The summed E-state index contributed by atoms with van der Waals surface area (Å²) in [6.07, 6.45) is 10.5. The molecule has 0 fully saturated rings. The molecule has 5 aromatic rings. The Morgan fingerprint density at radius 1 is 0.547 bits per heavy atom. The van der Waals surface area contributed by atoms with Crippen LogP contribution in [0.2, 0.25) is 0 Å². The van der Waals surface area contributed by atoms with Crippen LogP contribution in [-0.2, 0) is 72.8 Å². The monoisotopic (exact) mass is 977 g/mol. The minimum atomic E-state index is 0.145. The Balaban J connectivity index is 0.000000400. The zero-order chi connectivity index (χ0) is 49.3. The zero-order valence-electron chi connectivity index (χ0n) is 43.1. The van der Waals surface area contributed by atoms with Crippen molar-refractivity contribution in [3.05, 3.63) is 94.5 Å². The second-order valence-electron chi connectivity index (χ2n) is 15.5. The number of hydrogen-bond acceptors (Lipinski definition) is 10.